The fraction of sp³-hybridized carbons (Fsp3) is 0.133. The number of carbonyl (C=O) groups is 1. The molecule has 0 aliphatic carbocycles. The third-order valence-corrected chi connectivity index (χ3v) is 2.78. The van der Waals surface area contributed by atoms with Gasteiger partial charge < -0.3 is 5.73 Å². The molecule has 0 bridgehead atoms. The van der Waals surface area contributed by atoms with Crippen LogP contribution in [0.2, 0.25) is 0 Å². The number of hydrogen-bond donors (Lipinski definition) is 1. The largest absolute Gasteiger partial charge is 0.366 e. The van der Waals surface area contributed by atoms with Crippen LogP contribution in [0.25, 0.3) is 0 Å². The highest BCUT2D eigenvalue weighted by molar-refractivity contribution is 5.92. The van der Waals surface area contributed by atoms with Gasteiger partial charge in [0.05, 0.1) is 0 Å². The molecule has 1 amide bonds. The normalized spacial score (nSPS) is 10.1. The first kappa shape index (κ1) is 11.4. The van der Waals surface area contributed by atoms with Gasteiger partial charge in [-0.15, -0.1) is 0 Å². The molecule has 0 saturated heterocycles. The van der Waals surface area contributed by atoms with Gasteiger partial charge in [0.15, 0.2) is 0 Å². The second-order valence-electron chi connectivity index (χ2n) is 4.05. The van der Waals surface area contributed by atoms with Crippen molar-refractivity contribution in [3.63, 3.8) is 0 Å². The van der Waals surface area contributed by atoms with Crippen LogP contribution >= 0.6 is 0 Å². The van der Waals surface area contributed by atoms with Crippen molar-refractivity contribution >= 4 is 5.91 Å². The summed E-state index contributed by atoms with van der Waals surface area (Å²) in [6.45, 7) is 0. The maximum atomic E-state index is 10.9. The van der Waals surface area contributed by atoms with Crippen LogP contribution in [-0.2, 0) is 12.8 Å². The summed E-state index contributed by atoms with van der Waals surface area (Å²) in [6.07, 6.45) is 1.99. The van der Waals surface area contributed by atoms with E-state index in [1.165, 1.54) is 11.1 Å². The summed E-state index contributed by atoms with van der Waals surface area (Å²) in [7, 11) is 0. The Balaban J connectivity index is 1.98. The van der Waals surface area contributed by atoms with Crippen LogP contribution < -0.4 is 5.73 Å². The first-order valence-corrected chi connectivity index (χ1v) is 5.68. The lowest BCUT2D eigenvalue weighted by molar-refractivity contribution is 0.100. The molecule has 0 unspecified atom stereocenters. The molecule has 0 atom stereocenters. The van der Waals surface area contributed by atoms with Gasteiger partial charge in [-0.25, -0.2) is 0 Å². The number of primary amides is 1. The Morgan fingerprint density at radius 2 is 1.35 bits per heavy atom. The summed E-state index contributed by atoms with van der Waals surface area (Å²) in [4.78, 5) is 10.9. The van der Waals surface area contributed by atoms with Gasteiger partial charge in [0, 0.05) is 5.56 Å². The Morgan fingerprint density at radius 1 is 0.824 bits per heavy atom. The molecule has 2 nitrogen and oxygen atoms in total. The van der Waals surface area contributed by atoms with Crippen molar-refractivity contribution < 1.29 is 4.79 Å². The lowest BCUT2D eigenvalue weighted by Gasteiger charge is -2.03. The topological polar surface area (TPSA) is 43.1 Å². The van der Waals surface area contributed by atoms with Crippen LogP contribution in [0.15, 0.2) is 54.6 Å². The predicted molar refractivity (Wildman–Crippen MR) is 68.8 cm³/mol. The molecule has 17 heavy (non-hydrogen) atoms. The van der Waals surface area contributed by atoms with Gasteiger partial charge in [-0.2, -0.15) is 0 Å². The fourth-order valence-corrected chi connectivity index (χ4v) is 1.77. The van der Waals surface area contributed by atoms with E-state index in [-0.39, 0.29) is 5.91 Å². The molecule has 2 aromatic carbocycles. The van der Waals surface area contributed by atoms with Gasteiger partial charge in [-0.3, -0.25) is 4.79 Å². The Bertz CT molecular complexity index is 488. The van der Waals surface area contributed by atoms with E-state index in [2.05, 4.69) is 12.1 Å². The Labute approximate surface area is 101 Å². The van der Waals surface area contributed by atoms with Crippen molar-refractivity contribution in [2.24, 2.45) is 5.73 Å². The van der Waals surface area contributed by atoms with E-state index in [1.54, 1.807) is 12.1 Å². The van der Waals surface area contributed by atoms with Crippen molar-refractivity contribution in [3.8, 4) is 0 Å². The van der Waals surface area contributed by atoms with Gasteiger partial charge in [0.25, 0.3) is 0 Å². The minimum Gasteiger partial charge on any atom is -0.366 e. The minimum absolute atomic E-state index is 0.375. The molecule has 0 fully saturated rings. The summed E-state index contributed by atoms with van der Waals surface area (Å²) >= 11 is 0. The third-order valence-electron chi connectivity index (χ3n) is 2.78. The zero-order chi connectivity index (χ0) is 12.1. The third kappa shape index (κ3) is 3.18. The van der Waals surface area contributed by atoms with E-state index >= 15 is 0 Å². The van der Waals surface area contributed by atoms with Crippen LogP contribution in [-0.4, -0.2) is 5.91 Å². The van der Waals surface area contributed by atoms with Gasteiger partial charge in [0.2, 0.25) is 5.91 Å². The van der Waals surface area contributed by atoms with Crippen molar-refractivity contribution in [3.05, 3.63) is 71.3 Å². The van der Waals surface area contributed by atoms with E-state index in [1.807, 2.05) is 30.3 Å². The molecule has 86 valence electrons. The number of benzene rings is 2. The number of carbonyl (C=O) groups excluding carboxylic acids is 1. The highest BCUT2D eigenvalue weighted by Gasteiger charge is 2.00. The zero-order valence-corrected chi connectivity index (χ0v) is 9.60. The molecule has 0 radical (unpaired) electrons. The zero-order valence-electron chi connectivity index (χ0n) is 9.60. The molecule has 2 heteroatoms. The number of amides is 1. The second-order valence-corrected chi connectivity index (χ2v) is 4.05. The van der Waals surface area contributed by atoms with Crippen molar-refractivity contribution in [2.45, 2.75) is 12.8 Å². The summed E-state index contributed by atoms with van der Waals surface area (Å²) in [5.41, 5.74) is 8.30. The van der Waals surface area contributed by atoms with Gasteiger partial charge in [-0.1, -0.05) is 42.5 Å². The monoisotopic (exact) mass is 225 g/mol. The Kier molecular flexibility index (Phi) is 3.55. The molecular formula is C15H15NO. The first-order chi connectivity index (χ1) is 8.25. The lowest BCUT2D eigenvalue weighted by atomic mass is 10.0. The Morgan fingerprint density at radius 3 is 1.88 bits per heavy atom. The standard InChI is InChI=1S/C15H15NO/c16-15(17)14-10-8-13(9-11-14)7-6-12-4-2-1-3-5-12/h1-5,8-11H,6-7H2,(H2,16,17). The first-order valence-electron chi connectivity index (χ1n) is 5.68. The van der Waals surface area contributed by atoms with Crippen LogP contribution in [0.4, 0.5) is 0 Å². The molecule has 0 heterocycles. The average Bonchev–Trinajstić information content (AvgIpc) is 2.38. The summed E-state index contributed by atoms with van der Waals surface area (Å²) in [6, 6.07) is 17.8. The second kappa shape index (κ2) is 5.30. The van der Waals surface area contributed by atoms with E-state index in [9.17, 15) is 4.79 Å². The number of rotatable bonds is 4. The molecule has 0 aromatic heterocycles. The van der Waals surface area contributed by atoms with E-state index in [4.69, 9.17) is 5.73 Å². The van der Waals surface area contributed by atoms with Gasteiger partial charge >= 0.3 is 0 Å². The van der Waals surface area contributed by atoms with Gasteiger partial charge in [0.1, 0.15) is 0 Å². The van der Waals surface area contributed by atoms with Crippen LogP contribution in [0, 0.1) is 0 Å². The molecule has 0 spiro atoms. The smallest absolute Gasteiger partial charge is 0.248 e. The highest BCUT2D eigenvalue weighted by Crippen LogP contribution is 2.08. The Hall–Kier alpha value is -2.09. The minimum atomic E-state index is -0.375. The fourth-order valence-electron chi connectivity index (χ4n) is 1.77. The molecule has 0 aliphatic rings. The maximum absolute atomic E-state index is 10.9. The van der Waals surface area contributed by atoms with E-state index in [0.29, 0.717) is 5.56 Å². The summed E-state index contributed by atoms with van der Waals surface area (Å²) in [5.74, 6) is -0.375. The maximum Gasteiger partial charge on any atom is 0.248 e. The lowest BCUT2D eigenvalue weighted by Crippen LogP contribution is -2.10. The van der Waals surface area contributed by atoms with Crippen molar-refractivity contribution in [1.29, 1.82) is 0 Å². The number of hydrogen-bond acceptors (Lipinski definition) is 1. The number of nitrogens with two attached hydrogens (primary N) is 1. The summed E-state index contributed by atoms with van der Waals surface area (Å²) in [5, 5.41) is 0. The van der Waals surface area contributed by atoms with Crippen molar-refractivity contribution in [2.75, 3.05) is 0 Å². The summed E-state index contributed by atoms with van der Waals surface area (Å²) < 4.78 is 0. The molecule has 2 aromatic rings. The molecule has 2 N–H and O–H groups in total. The average molecular weight is 225 g/mol. The SMILES string of the molecule is NC(=O)c1ccc(CCc2ccccc2)cc1. The predicted octanol–water partition coefficient (Wildman–Crippen LogP) is 2.57. The van der Waals surface area contributed by atoms with Crippen LogP contribution in [0.5, 0.6) is 0 Å². The van der Waals surface area contributed by atoms with Crippen LogP contribution in [0.3, 0.4) is 0 Å². The molecule has 2 rings (SSSR count). The number of aryl methyl sites for hydroxylation is 2. The highest BCUT2D eigenvalue weighted by atomic mass is 16.1. The van der Waals surface area contributed by atoms with E-state index in [0.717, 1.165) is 12.8 Å². The van der Waals surface area contributed by atoms with Crippen LogP contribution in [0.1, 0.15) is 21.5 Å². The quantitative estimate of drug-likeness (QED) is 0.853. The van der Waals surface area contributed by atoms with Crippen molar-refractivity contribution in [1.82, 2.24) is 0 Å². The van der Waals surface area contributed by atoms with E-state index < -0.39 is 0 Å². The molecule has 0 saturated carbocycles. The molecule has 0 aliphatic heterocycles. The molecular weight excluding hydrogens is 210 g/mol. The van der Waals surface area contributed by atoms with Gasteiger partial charge in [-0.05, 0) is 36.1 Å².